The van der Waals surface area contributed by atoms with Gasteiger partial charge in [0.1, 0.15) is 0 Å². The number of allylic oxidation sites excluding steroid dienone is 2. The molecule has 1 N–H and O–H groups in total. The summed E-state index contributed by atoms with van der Waals surface area (Å²) in [6.45, 7) is 4.15. The van der Waals surface area contributed by atoms with Crippen molar-refractivity contribution in [3.63, 3.8) is 0 Å². The molecule has 0 saturated heterocycles. The molecular formula is C14H22O2. The number of carboxylic acids is 1. The summed E-state index contributed by atoms with van der Waals surface area (Å²) in [6.07, 6.45) is 9.93. The normalized spacial score (nSPS) is 33.0. The van der Waals surface area contributed by atoms with E-state index in [9.17, 15) is 4.79 Å². The van der Waals surface area contributed by atoms with Crippen LogP contribution in [0.3, 0.4) is 0 Å². The van der Waals surface area contributed by atoms with Crippen LogP contribution >= 0.6 is 0 Å². The van der Waals surface area contributed by atoms with Crippen molar-refractivity contribution < 1.29 is 9.90 Å². The Morgan fingerprint density at radius 2 is 1.81 bits per heavy atom. The van der Waals surface area contributed by atoms with Crippen LogP contribution in [0, 0.1) is 17.3 Å². The molecule has 2 unspecified atom stereocenters. The molecule has 2 nitrogen and oxygen atoms in total. The van der Waals surface area contributed by atoms with Gasteiger partial charge in [0, 0.05) is 0 Å². The Bertz CT molecular complexity index is 305. The monoisotopic (exact) mass is 222 g/mol. The number of carbonyl (C=O) groups is 1. The highest BCUT2D eigenvalue weighted by Crippen LogP contribution is 2.59. The largest absolute Gasteiger partial charge is 0.481 e. The third-order valence-corrected chi connectivity index (χ3v) is 4.34. The van der Waals surface area contributed by atoms with Gasteiger partial charge in [-0.1, -0.05) is 38.3 Å². The maximum atomic E-state index is 11.1. The highest BCUT2D eigenvalue weighted by molar-refractivity contribution is 5.76. The lowest BCUT2D eigenvalue weighted by molar-refractivity contribution is -0.139. The summed E-state index contributed by atoms with van der Waals surface area (Å²) < 4.78 is 0. The number of hydrogen-bond donors (Lipinski definition) is 1. The van der Waals surface area contributed by atoms with Crippen molar-refractivity contribution >= 4 is 5.97 Å². The number of aliphatic carboxylic acids is 1. The maximum Gasteiger partial charge on any atom is 0.307 e. The molecule has 2 saturated carbocycles. The Hall–Kier alpha value is -0.790. The lowest BCUT2D eigenvalue weighted by Gasteiger charge is -2.03. The molecule has 2 heteroatoms. The SMILES string of the molecule is CC1(C)C(C=C2CCCCCC2)C1C(=O)O. The molecule has 2 aliphatic rings. The van der Waals surface area contributed by atoms with Gasteiger partial charge < -0.3 is 5.11 Å². The molecule has 2 rings (SSSR count). The van der Waals surface area contributed by atoms with Gasteiger partial charge in [-0.15, -0.1) is 0 Å². The molecule has 0 radical (unpaired) electrons. The first kappa shape index (κ1) is 11.7. The van der Waals surface area contributed by atoms with E-state index < -0.39 is 5.97 Å². The van der Waals surface area contributed by atoms with Crippen LogP contribution in [0.5, 0.6) is 0 Å². The summed E-state index contributed by atoms with van der Waals surface area (Å²) in [5.74, 6) is -0.498. The Morgan fingerprint density at radius 1 is 1.25 bits per heavy atom. The van der Waals surface area contributed by atoms with E-state index in [1.165, 1.54) is 44.1 Å². The zero-order valence-corrected chi connectivity index (χ0v) is 10.3. The molecule has 0 bridgehead atoms. The first-order chi connectivity index (χ1) is 7.53. The molecule has 0 aromatic heterocycles. The van der Waals surface area contributed by atoms with Crippen molar-refractivity contribution in [2.75, 3.05) is 0 Å². The van der Waals surface area contributed by atoms with Crippen molar-refractivity contribution in [2.24, 2.45) is 17.3 Å². The van der Waals surface area contributed by atoms with Crippen LogP contribution in [-0.2, 0) is 4.79 Å². The molecule has 0 aliphatic heterocycles. The Kier molecular flexibility index (Phi) is 3.09. The second-order valence-corrected chi connectivity index (χ2v) is 5.90. The standard InChI is InChI=1S/C14H22O2/c1-14(2)11(12(14)13(15)16)9-10-7-5-3-4-6-8-10/h9,11-12H,3-8H2,1-2H3,(H,15,16). The van der Waals surface area contributed by atoms with E-state index in [0.29, 0.717) is 0 Å². The van der Waals surface area contributed by atoms with Crippen molar-refractivity contribution in [2.45, 2.75) is 52.4 Å². The van der Waals surface area contributed by atoms with E-state index in [1.54, 1.807) is 0 Å². The zero-order chi connectivity index (χ0) is 11.8. The maximum absolute atomic E-state index is 11.1. The first-order valence-electron chi connectivity index (χ1n) is 6.46. The van der Waals surface area contributed by atoms with Crippen molar-refractivity contribution in [3.05, 3.63) is 11.6 Å². The van der Waals surface area contributed by atoms with Crippen LogP contribution in [0.2, 0.25) is 0 Å². The van der Waals surface area contributed by atoms with E-state index in [1.807, 2.05) is 0 Å². The number of carboxylic acid groups (broad SMARTS) is 1. The van der Waals surface area contributed by atoms with E-state index in [4.69, 9.17) is 5.11 Å². The van der Waals surface area contributed by atoms with Crippen LogP contribution in [0.25, 0.3) is 0 Å². The zero-order valence-electron chi connectivity index (χ0n) is 10.3. The molecule has 0 aromatic carbocycles. The van der Waals surface area contributed by atoms with Gasteiger partial charge in [-0.2, -0.15) is 0 Å². The molecule has 0 aromatic rings. The number of hydrogen-bond acceptors (Lipinski definition) is 1. The summed E-state index contributed by atoms with van der Waals surface area (Å²) in [4.78, 5) is 11.1. The lowest BCUT2D eigenvalue weighted by Crippen LogP contribution is -2.03. The molecule has 2 aliphatic carbocycles. The van der Waals surface area contributed by atoms with E-state index in [-0.39, 0.29) is 17.3 Å². The fourth-order valence-corrected chi connectivity index (χ4v) is 3.06. The summed E-state index contributed by atoms with van der Waals surface area (Å²) in [6, 6.07) is 0. The molecule has 0 heterocycles. The first-order valence-corrected chi connectivity index (χ1v) is 6.46. The van der Waals surface area contributed by atoms with Gasteiger partial charge in [-0.3, -0.25) is 4.79 Å². The van der Waals surface area contributed by atoms with Gasteiger partial charge in [0.25, 0.3) is 0 Å². The van der Waals surface area contributed by atoms with Crippen molar-refractivity contribution in [1.29, 1.82) is 0 Å². The molecule has 2 fully saturated rings. The highest BCUT2D eigenvalue weighted by Gasteiger charge is 2.60. The van der Waals surface area contributed by atoms with Crippen molar-refractivity contribution in [3.8, 4) is 0 Å². The molecular weight excluding hydrogens is 200 g/mol. The Labute approximate surface area is 97.7 Å². The second kappa shape index (κ2) is 4.23. The smallest absolute Gasteiger partial charge is 0.307 e. The third-order valence-electron chi connectivity index (χ3n) is 4.34. The Morgan fingerprint density at radius 3 is 2.25 bits per heavy atom. The van der Waals surface area contributed by atoms with Gasteiger partial charge in [0.05, 0.1) is 5.92 Å². The second-order valence-electron chi connectivity index (χ2n) is 5.90. The van der Waals surface area contributed by atoms with Crippen LogP contribution < -0.4 is 0 Å². The van der Waals surface area contributed by atoms with E-state index in [2.05, 4.69) is 19.9 Å². The highest BCUT2D eigenvalue weighted by atomic mass is 16.4. The van der Waals surface area contributed by atoms with Gasteiger partial charge in [0.2, 0.25) is 0 Å². The van der Waals surface area contributed by atoms with E-state index >= 15 is 0 Å². The van der Waals surface area contributed by atoms with Crippen LogP contribution in [0.4, 0.5) is 0 Å². The van der Waals surface area contributed by atoms with Gasteiger partial charge >= 0.3 is 5.97 Å². The lowest BCUT2D eigenvalue weighted by atomic mass is 10.0. The van der Waals surface area contributed by atoms with E-state index in [0.717, 1.165) is 0 Å². The molecule has 2 atom stereocenters. The Balaban J connectivity index is 2.04. The third kappa shape index (κ3) is 2.16. The average molecular weight is 222 g/mol. The minimum absolute atomic E-state index is 0.0227. The summed E-state index contributed by atoms with van der Waals surface area (Å²) in [5.41, 5.74) is 1.49. The van der Waals surface area contributed by atoms with Crippen LogP contribution in [0.15, 0.2) is 11.6 Å². The van der Waals surface area contributed by atoms with Crippen LogP contribution in [0.1, 0.15) is 52.4 Å². The van der Waals surface area contributed by atoms with Gasteiger partial charge in [-0.05, 0) is 37.0 Å². The molecule has 90 valence electrons. The predicted molar refractivity (Wildman–Crippen MR) is 64.2 cm³/mol. The van der Waals surface area contributed by atoms with Crippen LogP contribution in [-0.4, -0.2) is 11.1 Å². The summed E-state index contributed by atoms with van der Waals surface area (Å²) >= 11 is 0. The predicted octanol–water partition coefficient (Wildman–Crippen LogP) is 3.62. The quantitative estimate of drug-likeness (QED) is 0.572. The topological polar surface area (TPSA) is 37.3 Å². The molecule has 0 spiro atoms. The molecule has 16 heavy (non-hydrogen) atoms. The average Bonchev–Trinajstić information content (AvgIpc) is 2.82. The summed E-state index contributed by atoms with van der Waals surface area (Å²) in [5, 5.41) is 9.12. The van der Waals surface area contributed by atoms with Crippen molar-refractivity contribution in [1.82, 2.24) is 0 Å². The van der Waals surface area contributed by atoms with Gasteiger partial charge in [-0.25, -0.2) is 0 Å². The van der Waals surface area contributed by atoms with Gasteiger partial charge in [0.15, 0.2) is 0 Å². The number of rotatable bonds is 2. The summed E-state index contributed by atoms with van der Waals surface area (Å²) in [7, 11) is 0. The minimum atomic E-state index is -0.625. The minimum Gasteiger partial charge on any atom is -0.481 e. The fraction of sp³-hybridized carbons (Fsp3) is 0.786. The molecule has 0 amide bonds. The fourth-order valence-electron chi connectivity index (χ4n) is 3.06.